The van der Waals surface area contributed by atoms with Crippen LogP contribution in [0.3, 0.4) is 0 Å². The van der Waals surface area contributed by atoms with Crippen molar-refractivity contribution in [2.75, 3.05) is 33.4 Å². The topological polar surface area (TPSA) is 30.9 Å². The fourth-order valence-electron chi connectivity index (χ4n) is 6.03. The molecule has 0 amide bonds. The number of hydrogen-bond donors (Lipinski definition) is 0. The van der Waals surface area contributed by atoms with Gasteiger partial charge in [0, 0.05) is 28.5 Å². The highest BCUT2D eigenvalue weighted by atomic mass is 16.5. The number of ether oxygens (including phenoxy) is 3. The first-order valence-corrected chi connectivity index (χ1v) is 13.4. The van der Waals surface area contributed by atoms with E-state index < -0.39 is 0 Å². The van der Waals surface area contributed by atoms with E-state index in [-0.39, 0.29) is 0 Å². The molecule has 0 spiro atoms. The lowest BCUT2D eigenvalue weighted by molar-refractivity contribution is 0.183. The molecule has 0 N–H and O–H groups in total. The molecule has 1 unspecified atom stereocenters. The lowest BCUT2D eigenvalue weighted by atomic mass is 9.83. The zero-order chi connectivity index (χ0) is 24.3. The molecule has 0 saturated carbocycles. The van der Waals surface area contributed by atoms with Gasteiger partial charge in [0.2, 0.25) is 0 Å². The molecule has 3 aromatic carbocycles. The van der Waals surface area contributed by atoms with E-state index in [2.05, 4.69) is 65.6 Å². The van der Waals surface area contributed by atoms with Gasteiger partial charge in [-0.3, -0.25) is 4.90 Å². The van der Waals surface area contributed by atoms with Crippen LogP contribution in [0.2, 0.25) is 0 Å². The largest absolute Gasteiger partial charge is 0.496 e. The number of likely N-dealkylation sites (tertiary alicyclic amines) is 1. The summed E-state index contributed by atoms with van der Waals surface area (Å²) in [6.07, 6.45) is 10.4. The van der Waals surface area contributed by atoms with Crippen LogP contribution in [0, 0.1) is 10.4 Å². The van der Waals surface area contributed by atoms with E-state index in [9.17, 15) is 0 Å². The maximum absolute atomic E-state index is 6.06. The van der Waals surface area contributed by atoms with E-state index in [1.54, 1.807) is 7.11 Å². The first kappa shape index (κ1) is 23.2. The molecule has 36 heavy (non-hydrogen) atoms. The van der Waals surface area contributed by atoms with Crippen LogP contribution in [0.25, 0.3) is 12.3 Å². The van der Waals surface area contributed by atoms with Gasteiger partial charge in [0.1, 0.15) is 24.7 Å². The summed E-state index contributed by atoms with van der Waals surface area (Å²) in [4.78, 5) is 2.52. The molecule has 2 heterocycles. The first-order chi connectivity index (χ1) is 17.8. The predicted octanol–water partition coefficient (Wildman–Crippen LogP) is 4.63. The highest BCUT2D eigenvalue weighted by molar-refractivity contribution is 5.52. The number of rotatable bonds is 6. The Hall–Kier alpha value is -3.24. The molecule has 3 aliphatic rings. The summed E-state index contributed by atoms with van der Waals surface area (Å²) in [6, 6.07) is 19.4. The average molecular weight is 482 g/mol. The van der Waals surface area contributed by atoms with Gasteiger partial charge < -0.3 is 14.2 Å². The molecule has 186 valence electrons. The quantitative estimate of drug-likeness (QED) is 0.514. The van der Waals surface area contributed by atoms with Gasteiger partial charge in [-0.1, -0.05) is 48.9 Å². The van der Waals surface area contributed by atoms with Gasteiger partial charge in [0.15, 0.2) is 0 Å². The minimum atomic E-state index is 0.383. The fraction of sp³-hybridized carbons (Fsp3) is 0.375. The molecule has 4 nitrogen and oxygen atoms in total. The van der Waals surface area contributed by atoms with Gasteiger partial charge in [-0.2, -0.15) is 0 Å². The Morgan fingerprint density at radius 1 is 0.944 bits per heavy atom. The molecule has 0 bridgehead atoms. The average Bonchev–Trinajstić information content (AvgIpc) is 3.13. The van der Waals surface area contributed by atoms with Crippen molar-refractivity contribution >= 4 is 12.3 Å². The van der Waals surface area contributed by atoms with Crippen molar-refractivity contribution in [1.29, 1.82) is 0 Å². The Morgan fingerprint density at radius 3 is 2.61 bits per heavy atom. The molecule has 6 rings (SSSR count). The number of piperidine rings is 1. The third-order valence-electron chi connectivity index (χ3n) is 7.95. The van der Waals surface area contributed by atoms with Crippen molar-refractivity contribution in [2.45, 2.75) is 44.6 Å². The minimum Gasteiger partial charge on any atom is -0.496 e. The van der Waals surface area contributed by atoms with Crippen LogP contribution in [-0.2, 0) is 17.8 Å². The van der Waals surface area contributed by atoms with Crippen LogP contribution >= 0.6 is 0 Å². The number of hydrogen-bond acceptors (Lipinski definition) is 4. The second-order valence-corrected chi connectivity index (χ2v) is 10.1. The van der Waals surface area contributed by atoms with Crippen molar-refractivity contribution in [2.24, 2.45) is 0 Å². The lowest BCUT2D eigenvalue weighted by Crippen LogP contribution is -2.33. The molecule has 2 aliphatic heterocycles. The van der Waals surface area contributed by atoms with Crippen LogP contribution in [0.1, 0.15) is 48.3 Å². The van der Waals surface area contributed by atoms with E-state index in [1.165, 1.54) is 64.7 Å². The van der Waals surface area contributed by atoms with E-state index in [0.29, 0.717) is 12.5 Å². The smallest absolute Gasteiger partial charge is 0.127 e. The predicted molar refractivity (Wildman–Crippen MR) is 143 cm³/mol. The molecule has 1 atom stereocenters. The van der Waals surface area contributed by atoms with Crippen LogP contribution in [0.15, 0.2) is 54.6 Å². The zero-order valence-electron chi connectivity index (χ0n) is 21.2. The highest BCUT2D eigenvalue weighted by Crippen LogP contribution is 2.31. The Kier molecular flexibility index (Phi) is 6.69. The highest BCUT2D eigenvalue weighted by Gasteiger charge is 2.21. The lowest BCUT2D eigenvalue weighted by Gasteiger charge is -2.26. The van der Waals surface area contributed by atoms with Crippen molar-refractivity contribution in [3.8, 4) is 11.5 Å². The summed E-state index contributed by atoms with van der Waals surface area (Å²) >= 11 is 0. The third kappa shape index (κ3) is 4.62. The van der Waals surface area contributed by atoms with E-state index >= 15 is 0 Å². The van der Waals surface area contributed by atoms with Crippen molar-refractivity contribution in [3.63, 3.8) is 0 Å². The van der Waals surface area contributed by atoms with Gasteiger partial charge in [0.05, 0.1) is 13.4 Å². The molecule has 4 heteroatoms. The van der Waals surface area contributed by atoms with Gasteiger partial charge in [0.25, 0.3) is 0 Å². The molecule has 1 saturated heterocycles. The molecule has 3 aromatic rings. The van der Waals surface area contributed by atoms with Crippen molar-refractivity contribution < 1.29 is 14.2 Å². The summed E-state index contributed by atoms with van der Waals surface area (Å²) in [5.41, 5.74) is 4.00. The minimum absolute atomic E-state index is 0.383. The van der Waals surface area contributed by atoms with Gasteiger partial charge >= 0.3 is 0 Å². The third-order valence-corrected chi connectivity index (χ3v) is 7.95. The second kappa shape index (κ2) is 10.4. The summed E-state index contributed by atoms with van der Waals surface area (Å²) in [5.74, 6) is 2.27. The summed E-state index contributed by atoms with van der Waals surface area (Å²) in [5, 5.41) is 4.73. The van der Waals surface area contributed by atoms with Crippen LogP contribution < -0.4 is 19.9 Å². The monoisotopic (exact) mass is 481 g/mol. The standard InChI is InChI=1S/C32H35NO3/c1-34-31-20-26-19-24(23-9-12-27(13-10-23)36-18-17-33-15-5-2-6-16-33)11-14-28(26)30-22-35-21-25-7-3-4-8-29(25)32(30)31/h3-4,7-10,12-13,19-21,24H,2,5-6,11,14-18,22H2,1H3. The summed E-state index contributed by atoms with van der Waals surface area (Å²) in [7, 11) is 1.77. The molecule has 0 aromatic heterocycles. The SMILES string of the molecule is COc1cc2c(c3c1=c1ccccc1=COC3)CCC(c1ccc(OCCN3CCCCC3)cc1)C=2. The maximum Gasteiger partial charge on any atom is 0.127 e. The van der Waals surface area contributed by atoms with Crippen LogP contribution in [0.4, 0.5) is 0 Å². The van der Waals surface area contributed by atoms with E-state index in [1.807, 2.05) is 6.26 Å². The summed E-state index contributed by atoms with van der Waals surface area (Å²) in [6.45, 7) is 4.78. The van der Waals surface area contributed by atoms with Crippen molar-refractivity contribution in [3.05, 3.63) is 92.2 Å². The van der Waals surface area contributed by atoms with Crippen molar-refractivity contribution in [1.82, 2.24) is 4.90 Å². The van der Waals surface area contributed by atoms with Crippen LogP contribution in [0.5, 0.6) is 11.5 Å². The Morgan fingerprint density at radius 2 is 1.78 bits per heavy atom. The molecular weight excluding hydrogens is 446 g/mol. The molecule has 1 aliphatic carbocycles. The number of methoxy groups -OCH3 is 1. The number of benzene rings is 3. The Balaban J connectivity index is 1.27. The van der Waals surface area contributed by atoms with E-state index in [4.69, 9.17) is 14.2 Å². The van der Waals surface area contributed by atoms with E-state index in [0.717, 1.165) is 42.7 Å². The molecular formula is C32H35NO3. The van der Waals surface area contributed by atoms with Crippen LogP contribution in [-0.4, -0.2) is 38.3 Å². The fourth-order valence-corrected chi connectivity index (χ4v) is 6.03. The maximum atomic E-state index is 6.06. The molecule has 0 radical (unpaired) electrons. The summed E-state index contributed by atoms with van der Waals surface area (Å²) < 4.78 is 18.0. The van der Waals surface area contributed by atoms with Gasteiger partial charge in [-0.05, 0) is 78.5 Å². The first-order valence-electron chi connectivity index (χ1n) is 13.4. The van der Waals surface area contributed by atoms with Gasteiger partial charge in [-0.25, -0.2) is 0 Å². The normalized spacial score (nSPS) is 18.9. The van der Waals surface area contributed by atoms with Gasteiger partial charge in [-0.15, -0.1) is 0 Å². The Bertz CT molecular complexity index is 1440. The second-order valence-electron chi connectivity index (χ2n) is 10.1. The number of nitrogens with zero attached hydrogens (tertiary/aromatic N) is 1. The zero-order valence-corrected chi connectivity index (χ0v) is 21.2. The molecule has 1 fully saturated rings. The Labute approximate surface area is 213 Å². The number of fused-ring (bicyclic) bond motifs is 4.